The van der Waals surface area contributed by atoms with Gasteiger partial charge in [-0.2, -0.15) is 0 Å². The number of pyridine rings is 1. The quantitative estimate of drug-likeness (QED) is 0.351. The van der Waals surface area contributed by atoms with Gasteiger partial charge in [0.15, 0.2) is 0 Å². The van der Waals surface area contributed by atoms with E-state index >= 15 is 0 Å². The molecule has 1 aliphatic rings. The van der Waals surface area contributed by atoms with Crippen LogP contribution in [0.2, 0.25) is 0 Å². The summed E-state index contributed by atoms with van der Waals surface area (Å²) in [6.45, 7) is 0. The van der Waals surface area contributed by atoms with Crippen LogP contribution in [0.3, 0.4) is 0 Å². The molecule has 0 atom stereocenters. The third-order valence-electron chi connectivity index (χ3n) is 7.15. The number of carbonyl (C=O) groups excluding carboxylic acids is 1. The monoisotopic (exact) mass is 467 g/mol. The van der Waals surface area contributed by atoms with E-state index in [0.717, 1.165) is 47.8 Å². The molecule has 6 heteroatoms. The Morgan fingerprint density at radius 1 is 1.00 bits per heavy atom. The van der Waals surface area contributed by atoms with Crippen molar-refractivity contribution in [3.8, 4) is 11.3 Å². The molecule has 1 saturated carbocycles. The highest BCUT2D eigenvalue weighted by atomic mass is 16.4. The Bertz CT molecular complexity index is 1350. The molecule has 1 amide bonds. The van der Waals surface area contributed by atoms with Crippen molar-refractivity contribution in [3.63, 3.8) is 0 Å². The van der Waals surface area contributed by atoms with Gasteiger partial charge in [-0.05, 0) is 61.3 Å². The number of carbonyl (C=O) groups is 2. The highest BCUT2D eigenvalue weighted by Gasteiger charge is 2.24. The van der Waals surface area contributed by atoms with E-state index in [1.165, 1.54) is 5.56 Å². The van der Waals surface area contributed by atoms with Gasteiger partial charge in [0, 0.05) is 36.1 Å². The van der Waals surface area contributed by atoms with Crippen LogP contribution >= 0.6 is 0 Å². The van der Waals surface area contributed by atoms with E-state index in [9.17, 15) is 9.59 Å². The lowest BCUT2D eigenvalue weighted by molar-refractivity contribution is -0.138. The Kier molecular flexibility index (Phi) is 6.36. The van der Waals surface area contributed by atoms with Gasteiger partial charge in [-0.25, -0.2) is 0 Å². The van der Waals surface area contributed by atoms with Crippen molar-refractivity contribution in [1.82, 2.24) is 9.55 Å². The average molecular weight is 468 g/mol. The number of aliphatic carboxylic acids is 1. The lowest BCUT2D eigenvalue weighted by Crippen LogP contribution is -2.16. The SMILES string of the molecule is Cn1cc(C(=O)Nc2ccc(-c3ccc(C4CCC(CC(=O)O)CC4)cc3)nc2)c2ccccc21. The Morgan fingerprint density at radius 3 is 2.43 bits per heavy atom. The van der Waals surface area contributed by atoms with Crippen LogP contribution < -0.4 is 5.32 Å². The predicted molar refractivity (Wildman–Crippen MR) is 137 cm³/mol. The van der Waals surface area contributed by atoms with E-state index in [0.29, 0.717) is 23.1 Å². The van der Waals surface area contributed by atoms with Gasteiger partial charge in [0.1, 0.15) is 0 Å². The topological polar surface area (TPSA) is 84.2 Å². The first kappa shape index (κ1) is 22.8. The molecule has 0 saturated heterocycles. The number of rotatable bonds is 6. The van der Waals surface area contributed by atoms with E-state index in [-0.39, 0.29) is 12.3 Å². The molecule has 1 fully saturated rings. The van der Waals surface area contributed by atoms with Crippen molar-refractivity contribution >= 4 is 28.5 Å². The molecule has 35 heavy (non-hydrogen) atoms. The number of fused-ring (bicyclic) bond motifs is 1. The van der Waals surface area contributed by atoms with Crippen molar-refractivity contribution in [2.24, 2.45) is 13.0 Å². The van der Waals surface area contributed by atoms with Crippen molar-refractivity contribution < 1.29 is 14.7 Å². The standard InChI is InChI=1S/C29H29N3O3/c1-32-18-25(24-4-2-3-5-27(24)32)29(35)31-23-14-15-26(30-17-23)22-12-10-21(11-13-22)20-8-6-19(7-9-20)16-28(33)34/h2-5,10-15,17-20H,6-9,16H2,1H3,(H,31,35)(H,33,34). The van der Waals surface area contributed by atoms with Crippen LogP contribution in [0.25, 0.3) is 22.2 Å². The highest BCUT2D eigenvalue weighted by molar-refractivity contribution is 6.12. The Morgan fingerprint density at radius 2 is 1.74 bits per heavy atom. The maximum atomic E-state index is 12.9. The number of benzene rings is 2. The minimum atomic E-state index is -0.690. The van der Waals surface area contributed by atoms with E-state index in [1.807, 2.05) is 54.2 Å². The van der Waals surface area contributed by atoms with Crippen LogP contribution in [0.4, 0.5) is 5.69 Å². The number of aryl methyl sites for hydroxylation is 1. The van der Waals surface area contributed by atoms with Gasteiger partial charge in [-0.1, -0.05) is 42.5 Å². The van der Waals surface area contributed by atoms with Gasteiger partial charge >= 0.3 is 5.97 Å². The molecule has 2 aromatic heterocycles. The first-order valence-corrected chi connectivity index (χ1v) is 12.1. The molecule has 178 valence electrons. The molecule has 5 rings (SSSR count). The maximum absolute atomic E-state index is 12.9. The highest BCUT2D eigenvalue weighted by Crippen LogP contribution is 2.37. The molecule has 0 aliphatic heterocycles. The average Bonchev–Trinajstić information content (AvgIpc) is 3.22. The second-order valence-electron chi connectivity index (χ2n) is 9.49. The molecule has 0 radical (unpaired) electrons. The Hall–Kier alpha value is -3.93. The lowest BCUT2D eigenvalue weighted by atomic mass is 9.77. The number of amides is 1. The maximum Gasteiger partial charge on any atom is 0.303 e. The molecule has 0 unspecified atom stereocenters. The Balaban J connectivity index is 1.23. The zero-order chi connectivity index (χ0) is 24.4. The van der Waals surface area contributed by atoms with E-state index in [1.54, 1.807) is 6.20 Å². The van der Waals surface area contributed by atoms with Crippen LogP contribution in [0.5, 0.6) is 0 Å². The van der Waals surface area contributed by atoms with E-state index in [4.69, 9.17) is 5.11 Å². The third kappa shape index (κ3) is 4.97. The summed E-state index contributed by atoms with van der Waals surface area (Å²) < 4.78 is 1.96. The molecular formula is C29H29N3O3. The summed E-state index contributed by atoms with van der Waals surface area (Å²) in [5.41, 5.74) is 5.50. The Labute approximate surface area is 204 Å². The van der Waals surface area contributed by atoms with Gasteiger partial charge in [0.2, 0.25) is 0 Å². The molecule has 2 N–H and O–H groups in total. The van der Waals surface area contributed by atoms with Crippen LogP contribution in [-0.4, -0.2) is 26.5 Å². The smallest absolute Gasteiger partial charge is 0.303 e. The number of para-hydroxylation sites is 1. The van der Waals surface area contributed by atoms with Crippen molar-refractivity contribution in [3.05, 3.63) is 84.2 Å². The van der Waals surface area contributed by atoms with Crippen molar-refractivity contribution in [2.45, 2.75) is 38.0 Å². The van der Waals surface area contributed by atoms with Crippen LogP contribution in [0.1, 0.15) is 53.9 Å². The summed E-state index contributed by atoms with van der Waals surface area (Å²) in [6, 6.07) is 20.2. The summed E-state index contributed by atoms with van der Waals surface area (Å²) in [7, 11) is 1.94. The fourth-order valence-electron chi connectivity index (χ4n) is 5.23. The van der Waals surface area contributed by atoms with Crippen molar-refractivity contribution in [1.29, 1.82) is 0 Å². The molecular weight excluding hydrogens is 438 g/mol. The number of nitrogens with zero attached hydrogens (tertiary/aromatic N) is 2. The number of aromatic nitrogens is 2. The van der Waals surface area contributed by atoms with Gasteiger partial charge in [-0.3, -0.25) is 14.6 Å². The van der Waals surface area contributed by atoms with Crippen LogP contribution in [0.15, 0.2) is 73.1 Å². The first-order chi connectivity index (χ1) is 17.0. The third-order valence-corrected chi connectivity index (χ3v) is 7.15. The zero-order valence-corrected chi connectivity index (χ0v) is 19.8. The number of nitrogens with one attached hydrogen (secondary N) is 1. The predicted octanol–water partition coefficient (Wildman–Crippen LogP) is 6.24. The number of carboxylic acid groups (broad SMARTS) is 1. The fourth-order valence-corrected chi connectivity index (χ4v) is 5.23. The zero-order valence-electron chi connectivity index (χ0n) is 19.8. The molecule has 1 aliphatic carbocycles. The largest absolute Gasteiger partial charge is 0.481 e. The van der Waals surface area contributed by atoms with E-state index in [2.05, 4.69) is 34.6 Å². The fraction of sp³-hybridized carbons (Fsp3) is 0.276. The normalized spacial score (nSPS) is 17.9. The van der Waals surface area contributed by atoms with Gasteiger partial charge in [0.25, 0.3) is 5.91 Å². The van der Waals surface area contributed by atoms with Crippen molar-refractivity contribution in [2.75, 3.05) is 5.32 Å². The summed E-state index contributed by atoms with van der Waals surface area (Å²) in [5.74, 6) is -0.0382. The number of hydrogen-bond acceptors (Lipinski definition) is 3. The van der Waals surface area contributed by atoms with Crippen LogP contribution in [-0.2, 0) is 11.8 Å². The first-order valence-electron chi connectivity index (χ1n) is 12.1. The molecule has 4 aromatic rings. The second-order valence-corrected chi connectivity index (χ2v) is 9.49. The summed E-state index contributed by atoms with van der Waals surface area (Å²) in [5, 5.41) is 12.9. The lowest BCUT2D eigenvalue weighted by Gasteiger charge is -2.28. The molecule has 0 bridgehead atoms. The second kappa shape index (κ2) is 9.74. The minimum Gasteiger partial charge on any atom is -0.481 e. The van der Waals surface area contributed by atoms with Crippen LogP contribution in [0, 0.1) is 5.92 Å². The summed E-state index contributed by atoms with van der Waals surface area (Å²) in [6.07, 6.45) is 7.87. The summed E-state index contributed by atoms with van der Waals surface area (Å²) >= 11 is 0. The molecule has 2 aromatic carbocycles. The summed E-state index contributed by atoms with van der Waals surface area (Å²) in [4.78, 5) is 28.4. The van der Waals surface area contributed by atoms with Gasteiger partial charge in [0.05, 0.1) is 23.1 Å². The number of carboxylic acids is 1. The minimum absolute atomic E-state index is 0.154. The number of anilines is 1. The molecule has 6 nitrogen and oxygen atoms in total. The molecule has 2 heterocycles. The van der Waals surface area contributed by atoms with E-state index < -0.39 is 5.97 Å². The molecule has 0 spiro atoms. The number of hydrogen-bond donors (Lipinski definition) is 2. The van der Waals surface area contributed by atoms with Gasteiger partial charge < -0.3 is 15.0 Å². The van der Waals surface area contributed by atoms with Gasteiger partial charge in [-0.15, -0.1) is 0 Å².